The lowest BCUT2D eigenvalue weighted by Crippen LogP contribution is -2.54. The molecule has 3 amide bonds. The van der Waals surface area contributed by atoms with Crippen molar-refractivity contribution in [2.75, 3.05) is 31.6 Å². The zero-order chi connectivity index (χ0) is 25.5. The van der Waals surface area contributed by atoms with E-state index >= 15 is 0 Å². The Morgan fingerprint density at radius 2 is 1.89 bits per heavy atom. The van der Waals surface area contributed by atoms with E-state index in [9.17, 15) is 14.7 Å². The summed E-state index contributed by atoms with van der Waals surface area (Å²) in [6.45, 7) is 0.889. The lowest BCUT2D eigenvalue weighted by molar-refractivity contribution is -0.135. The average Bonchev–Trinajstić information content (AvgIpc) is 3.48. The maximum absolute atomic E-state index is 13.5. The van der Waals surface area contributed by atoms with Crippen LogP contribution >= 0.6 is 0 Å². The fraction of sp³-hybridized carbons (Fsp3) is 0.320. The third-order valence-corrected chi connectivity index (χ3v) is 6.90. The van der Waals surface area contributed by atoms with E-state index < -0.39 is 6.61 Å². The number of carbonyl (C=O) groups is 2. The van der Waals surface area contributed by atoms with Gasteiger partial charge in [-0.05, 0) is 31.0 Å². The molecule has 0 unspecified atom stereocenters. The number of rotatable bonds is 4. The van der Waals surface area contributed by atoms with Gasteiger partial charge in [0.2, 0.25) is 11.9 Å². The Morgan fingerprint density at radius 1 is 1.11 bits per heavy atom. The van der Waals surface area contributed by atoms with E-state index in [0.29, 0.717) is 55.2 Å². The van der Waals surface area contributed by atoms with Gasteiger partial charge in [0, 0.05) is 68.3 Å². The van der Waals surface area contributed by atoms with Crippen LogP contribution in [0.1, 0.15) is 18.4 Å². The first kappa shape index (κ1) is 23.0. The van der Waals surface area contributed by atoms with Gasteiger partial charge in [-0.3, -0.25) is 14.7 Å². The number of hydrogen-bond acceptors (Lipinski definition) is 8. The number of aromatic nitrogens is 6. The van der Waals surface area contributed by atoms with Crippen molar-refractivity contribution in [3.63, 3.8) is 0 Å². The Labute approximate surface area is 212 Å². The number of urea groups is 1. The van der Waals surface area contributed by atoms with Crippen LogP contribution in [0, 0.1) is 0 Å². The summed E-state index contributed by atoms with van der Waals surface area (Å²) in [5.41, 5.74) is 4.41. The number of amides is 3. The highest BCUT2D eigenvalue weighted by Crippen LogP contribution is 2.37. The van der Waals surface area contributed by atoms with Crippen LogP contribution in [0.15, 0.2) is 49.2 Å². The molecule has 12 heteroatoms. The van der Waals surface area contributed by atoms with Gasteiger partial charge in [0.05, 0.1) is 23.4 Å². The van der Waals surface area contributed by atoms with Gasteiger partial charge in [-0.2, -0.15) is 5.10 Å². The molecule has 0 atom stereocenters. The largest absolute Gasteiger partial charge is 0.387 e. The molecule has 37 heavy (non-hydrogen) atoms. The Morgan fingerprint density at radius 3 is 2.59 bits per heavy atom. The molecular formula is C25H25N9O3. The summed E-state index contributed by atoms with van der Waals surface area (Å²) in [5, 5.41) is 13.4. The van der Waals surface area contributed by atoms with Crippen molar-refractivity contribution in [1.29, 1.82) is 0 Å². The number of carbonyl (C=O) groups excluding carboxylic acids is 2. The normalized spacial score (nSPS) is 16.4. The van der Waals surface area contributed by atoms with Gasteiger partial charge >= 0.3 is 6.03 Å². The molecule has 4 aromatic heterocycles. The molecule has 4 aromatic rings. The van der Waals surface area contributed by atoms with E-state index in [1.54, 1.807) is 58.6 Å². The van der Waals surface area contributed by atoms with E-state index in [-0.39, 0.29) is 18.0 Å². The molecule has 6 rings (SSSR count). The number of nitrogens with zero attached hydrogens (tertiary/aromatic N) is 9. The van der Waals surface area contributed by atoms with Crippen LogP contribution in [0.3, 0.4) is 0 Å². The van der Waals surface area contributed by atoms with E-state index in [1.807, 2.05) is 17.0 Å². The molecule has 0 bridgehead atoms. The van der Waals surface area contributed by atoms with E-state index in [0.717, 1.165) is 16.8 Å². The standard InChI is InChI=1S/C25H25N9O3/c1-31-14-17-13-26-20-4-3-19(16-11-27-24(28-12-16)33-8-2-7-29-33)30-22(20)23(17)34(25(31)37)18-5-9-32(10-6-18)21(36)15-35/h2-4,7-8,11-13,18,35H,5-6,9-10,14-15H2,1H3. The van der Waals surface area contributed by atoms with Gasteiger partial charge < -0.3 is 14.9 Å². The summed E-state index contributed by atoms with van der Waals surface area (Å²) in [4.78, 5) is 48.9. The number of aliphatic hydroxyl groups is 1. The molecule has 1 saturated heterocycles. The van der Waals surface area contributed by atoms with Crippen LogP contribution in [0.25, 0.3) is 28.2 Å². The number of likely N-dealkylation sites (tertiary alicyclic amines) is 1. The summed E-state index contributed by atoms with van der Waals surface area (Å²) in [6.07, 6.45) is 9.86. The first-order chi connectivity index (χ1) is 18.0. The average molecular weight is 500 g/mol. The lowest BCUT2D eigenvalue weighted by atomic mass is 9.99. The third-order valence-electron chi connectivity index (χ3n) is 6.90. The molecule has 0 aromatic carbocycles. The smallest absolute Gasteiger partial charge is 0.324 e. The Kier molecular flexibility index (Phi) is 5.72. The van der Waals surface area contributed by atoms with Crippen molar-refractivity contribution in [3.05, 3.63) is 54.7 Å². The molecule has 0 saturated carbocycles. The monoisotopic (exact) mass is 499 g/mol. The molecular weight excluding hydrogens is 474 g/mol. The summed E-state index contributed by atoms with van der Waals surface area (Å²) < 4.78 is 1.58. The second-order valence-corrected chi connectivity index (χ2v) is 9.20. The van der Waals surface area contributed by atoms with Gasteiger partial charge in [0.1, 0.15) is 12.1 Å². The predicted octanol–water partition coefficient (Wildman–Crippen LogP) is 1.63. The van der Waals surface area contributed by atoms with Crippen molar-refractivity contribution < 1.29 is 14.7 Å². The summed E-state index contributed by atoms with van der Waals surface area (Å²) in [5.74, 6) is 0.169. The molecule has 0 aliphatic carbocycles. The van der Waals surface area contributed by atoms with Gasteiger partial charge in [0.15, 0.2) is 0 Å². The zero-order valence-electron chi connectivity index (χ0n) is 20.2. The van der Waals surface area contributed by atoms with Gasteiger partial charge in [-0.15, -0.1) is 0 Å². The summed E-state index contributed by atoms with van der Waals surface area (Å²) in [6, 6.07) is 5.35. The van der Waals surface area contributed by atoms with Crippen LogP contribution in [0.4, 0.5) is 10.5 Å². The number of anilines is 1. The Hall–Kier alpha value is -4.45. The molecule has 1 fully saturated rings. The van der Waals surface area contributed by atoms with Crippen molar-refractivity contribution in [2.24, 2.45) is 0 Å². The third kappa shape index (κ3) is 4.04. The number of pyridine rings is 2. The maximum atomic E-state index is 13.5. The summed E-state index contributed by atoms with van der Waals surface area (Å²) >= 11 is 0. The van der Waals surface area contributed by atoms with Crippen molar-refractivity contribution in [1.82, 2.24) is 39.5 Å². The second-order valence-electron chi connectivity index (χ2n) is 9.20. The van der Waals surface area contributed by atoms with Crippen LogP contribution in [0.2, 0.25) is 0 Å². The van der Waals surface area contributed by atoms with Crippen LogP contribution < -0.4 is 4.90 Å². The van der Waals surface area contributed by atoms with Gasteiger partial charge in [0.25, 0.3) is 0 Å². The predicted molar refractivity (Wildman–Crippen MR) is 134 cm³/mol. The number of fused-ring (bicyclic) bond motifs is 3. The molecule has 188 valence electrons. The SMILES string of the molecule is CN1Cc2cnc3ccc(-c4cnc(-n5cccn5)nc4)nc3c2N(C2CCN(C(=O)CO)CC2)C1=O. The zero-order valence-corrected chi connectivity index (χ0v) is 20.2. The van der Waals surface area contributed by atoms with E-state index in [2.05, 4.69) is 20.1 Å². The Bertz CT molecular complexity index is 1470. The maximum Gasteiger partial charge on any atom is 0.324 e. The van der Waals surface area contributed by atoms with Gasteiger partial charge in [-0.25, -0.2) is 24.4 Å². The highest BCUT2D eigenvalue weighted by Gasteiger charge is 2.37. The molecule has 12 nitrogen and oxygen atoms in total. The minimum atomic E-state index is -0.505. The first-order valence-corrected chi connectivity index (χ1v) is 12.1. The first-order valence-electron chi connectivity index (χ1n) is 12.1. The fourth-order valence-electron chi connectivity index (χ4n) is 5.01. The minimum absolute atomic E-state index is 0.106. The number of piperidine rings is 1. The molecule has 6 heterocycles. The highest BCUT2D eigenvalue weighted by molar-refractivity contribution is 6.04. The van der Waals surface area contributed by atoms with E-state index in [1.165, 1.54) is 0 Å². The van der Waals surface area contributed by atoms with E-state index in [4.69, 9.17) is 4.98 Å². The van der Waals surface area contributed by atoms with Crippen LogP contribution in [0.5, 0.6) is 0 Å². The minimum Gasteiger partial charge on any atom is -0.387 e. The number of aliphatic hydroxyl groups excluding tert-OH is 1. The van der Waals surface area contributed by atoms with Gasteiger partial charge in [-0.1, -0.05) is 0 Å². The van der Waals surface area contributed by atoms with Crippen molar-refractivity contribution in [2.45, 2.75) is 25.4 Å². The highest BCUT2D eigenvalue weighted by atomic mass is 16.3. The molecule has 1 N–H and O–H groups in total. The molecule has 2 aliphatic heterocycles. The molecule has 0 radical (unpaired) electrons. The lowest BCUT2D eigenvalue weighted by Gasteiger charge is -2.43. The fourth-order valence-corrected chi connectivity index (χ4v) is 5.01. The molecule has 0 spiro atoms. The van der Waals surface area contributed by atoms with Crippen molar-refractivity contribution in [3.8, 4) is 17.2 Å². The summed E-state index contributed by atoms with van der Waals surface area (Å²) in [7, 11) is 1.77. The topological polar surface area (TPSA) is 133 Å². The quantitative estimate of drug-likeness (QED) is 0.448. The van der Waals surface area contributed by atoms with Crippen LogP contribution in [-0.2, 0) is 11.3 Å². The Balaban J connectivity index is 1.39. The molecule has 2 aliphatic rings. The number of hydrogen-bond donors (Lipinski definition) is 1. The van der Waals surface area contributed by atoms with Crippen molar-refractivity contribution >= 4 is 28.7 Å². The van der Waals surface area contributed by atoms with Crippen LogP contribution in [-0.4, -0.2) is 89.3 Å². The second kappa shape index (κ2) is 9.21.